The quantitative estimate of drug-likeness (QED) is 0.819. The highest BCUT2D eigenvalue weighted by Gasteiger charge is 2.55. The number of carbonyl (C=O) groups is 1. The molecule has 0 bridgehead atoms. The van der Waals surface area contributed by atoms with Crippen LogP contribution in [-0.4, -0.2) is 47.6 Å². The van der Waals surface area contributed by atoms with Gasteiger partial charge in [0.15, 0.2) is 4.67 Å². The van der Waals surface area contributed by atoms with E-state index in [4.69, 9.17) is 9.52 Å². The average Bonchev–Trinajstić information content (AvgIpc) is 3.08. The second-order valence-electron chi connectivity index (χ2n) is 5.20. The van der Waals surface area contributed by atoms with Crippen molar-refractivity contribution in [1.82, 2.24) is 4.31 Å². The van der Waals surface area contributed by atoms with Crippen LogP contribution in [0.15, 0.2) is 20.0 Å². The van der Waals surface area contributed by atoms with Crippen molar-refractivity contribution >= 4 is 31.9 Å². The molecule has 1 aliphatic carbocycles. The van der Waals surface area contributed by atoms with Crippen molar-refractivity contribution in [3.63, 3.8) is 0 Å². The van der Waals surface area contributed by atoms with Gasteiger partial charge in [-0.15, -0.1) is 0 Å². The molecular weight excluding hydrogens is 354 g/mol. The highest BCUT2D eigenvalue weighted by molar-refractivity contribution is 9.10. The molecule has 1 saturated heterocycles. The molecule has 2 aliphatic rings. The Balaban J connectivity index is 1.84. The molecule has 0 atom stereocenters. The second-order valence-corrected chi connectivity index (χ2v) is 7.83. The lowest BCUT2D eigenvalue weighted by molar-refractivity contribution is -0.0765. The molecule has 1 aliphatic heterocycles. The second kappa shape index (κ2) is 4.30. The molecule has 2 heterocycles. The summed E-state index contributed by atoms with van der Waals surface area (Å²) in [6, 6.07) is 0.969. The molecule has 0 unspecified atom stereocenters. The van der Waals surface area contributed by atoms with E-state index in [-0.39, 0.29) is 28.6 Å². The monoisotopic (exact) mass is 365 g/mol. The van der Waals surface area contributed by atoms with Crippen LogP contribution in [0.25, 0.3) is 0 Å². The summed E-state index contributed by atoms with van der Waals surface area (Å²) < 4.78 is 30.5. The van der Waals surface area contributed by atoms with Gasteiger partial charge in [0.05, 0.1) is 5.60 Å². The van der Waals surface area contributed by atoms with E-state index in [2.05, 4.69) is 15.9 Å². The van der Waals surface area contributed by atoms with E-state index in [0.717, 1.165) is 23.2 Å². The fraction of sp³-hybridized carbons (Fsp3) is 0.545. The smallest absolute Gasteiger partial charge is 0.371 e. The number of hydrogen-bond donors (Lipinski definition) is 2. The highest BCUT2D eigenvalue weighted by atomic mass is 79.9. The Hall–Kier alpha value is -0.900. The fourth-order valence-corrected chi connectivity index (χ4v) is 4.85. The van der Waals surface area contributed by atoms with E-state index in [1.807, 2.05) is 0 Å². The van der Waals surface area contributed by atoms with Gasteiger partial charge in [0.1, 0.15) is 4.90 Å². The molecule has 2 N–H and O–H groups in total. The summed E-state index contributed by atoms with van der Waals surface area (Å²) in [6.45, 7) is 0.0834. The lowest BCUT2D eigenvalue weighted by Gasteiger charge is -2.45. The number of rotatable bonds is 4. The molecule has 1 aromatic heterocycles. The van der Waals surface area contributed by atoms with Crippen LogP contribution in [0.5, 0.6) is 0 Å². The summed E-state index contributed by atoms with van der Waals surface area (Å²) in [5.41, 5.74) is -0.932. The number of aliphatic hydroxyl groups is 1. The van der Waals surface area contributed by atoms with E-state index in [0.29, 0.717) is 0 Å². The molecule has 0 amide bonds. The third-order valence-electron chi connectivity index (χ3n) is 3.72. The van der Waals surface area contributed by atoms with Crippen molar-refractivity contribution in [1.29, 1.82) is 0 Å². The van der Waals surface area contributed by atoms with Crippen LogP contribution in [0.4, 0.5) is 0 Å². The summed E-state index contributed by atoms with van der Waals surface area (Å²) in [6.07, 6.45) is 1.84. The first-order valence-corrected chi connectivity index (χ1v) is 8.22. The normalized spacial score (nSPS) is 22.5. The third kappa shape index (κ3) is 2.09. The zero-order valence-corrected chi connectivity index (χ0v) is 12.6. The summed E-state index contributed by atoms with van der Waals surface area (Å²) in [7, 11) is -3.85. The van der Waals surface area contributed by atoms with Gasteiger partial charge in [0.2, 0.25) is 15.8 Å². The van der Waals surface area contributed by atoms with Crippen molar-refractivity contribution < 1.29 is 27.8 Å². The number of hydrogen-bond acceptors (Lipinski definition) is 5. The minimum Gasteiger partial charge on any atom is -0.475 e. The van der Waals surface area contributed by atoms with Gasteiger partial charge in [-0.1, -0.05) is 0 Å². The molecule has 0 aromatic carbocycles. The van der Waals surface area contributed by atoms with Crippen molar-refractivity contribution in [3.8, 4) is 0 Å². The number of sulfonamides is 1. The number of carboxylic acids is 1. The van der Waals surface area contributed by atoms with E-state index in [1.54, 1.807) is 0 Å². The average molecular weight is 366 g/mol. The SMILES string of the molecule is O=C(O)c1cc(S(=O)(=O)N2CC(O)(C3CC3)C2)c(Br)o1. The zero-order chi connectivity index (χ0) is 14.7. The molecule has 2 fully saturated rings. The van der Waals surface area contributed by atoms with Gasteiger partial charge >= 0.3 is 5.97 Å². The largest absolute Gasteiger partial charge is 0.475 e. The Morgan fingerprint density at radius 2 is 2.05 bits per heavy atom. The molecule has 1 aromatic rings. The van der Waals surface area contributed by atoms with Gasteiger partial charge < -0.3 is 14.6 Å². The van der Waals surface area contributed by atoms with Crippen LogP contribution in [0.2, 0.25) is 0 Å². The minimum absolute atomic E-state index is 0.0417. The lowest BCUT2D eigenvalue weighted by Crippen LogP contribution is -2.64. The molecular formula is C11H12BrNO6S. The maximum Gasteiger partial charge on any atom is 0.371 e. The summed E-state index contributed by atoms with van der Waals surface area (Å²) in [5.74, 6) is -1.62. The number of aromatic carboxylic acids is 1. The Bertz CT molecular complexity index is 671. The van der Waals surface area contributed by atoms with Crippen LogP contribution >= 0.6 is 15.9 Å². The molecule has 1 saturated carbocycles. The van der Waals surface area contributed by atoms with Gasteiger partial charge in [0.25, 0.3) is 0 Å². The van der Waals surface area contributed by atoms with Crippen molar-refractivity contribution in [2.75, 3.05) is 13.1 Å². The highest BCUT2D eigenvalue weighted by Crippen LogP contribution is 2.46. The van der Waals surface area contributed by atoms with Gasteiger partial charge in [-0.25, -0.2) is 13.2 Å². The molecule has 20 heavy (non-hydrogen) atoms. The molecule has 0 spiro atoms. The van der Waals surface area contributed by atoms with E-state index in [1.165, 1.54) is 0 Å². The summed E-state index contributed by atoms with van der Waals surface area (Å²) in [5, 5.41) is 19.0. The number of halogens is 1. The topological polar surface area (TPSA) is 108 Å². The maximum absolute atomic E-state index is 12.3. The Labute approximate surface area is 123 Å². The standard InChI is InChI=1S/C11H12BrNO6S/c12-9-8(3-7(19-9)10(14)15)20(17,18)13-4-11(16,5-13)6-1-2-6/h3,6,16H,1-2,4-5H2,(H,14,15). The predicted octanol–water partition coefficient (Wildman–Crippen LogP) is 0.886. The minimum atomic E-state index is -3.85. The van der Waals surface area contributed by atoms with Crippen molar-refractivity contribution in [2.45, 2.75) is 23.3 Å². The number of carboxylic acid groups (broad SMARTS) is 1. The maximum atomic E-state index is 12.3. The zero-order valence-electron chi connectivity index (χ0n) is 10.2. The van der Waals surface area contributed by atoms with Crippen LogP contribution < -0.4 is 0 Å². The summed E-state index contributed by atoms with van der Waals surface area (Å²) >= 11 is 2.91. The fourth-order valence-electron chi connectivity index (χ4n) is 2.39. The lowest BCUT2D eigenvalue weighted by atomic mass is 9.91. The molecule has 110 valence electrons. The molecule has 7 nitrogen and oxygen atoms in total. The van der Waals surface area contributed by atoms with Gasteiger partial charge in [-0.3, -0.25) is 0 Å². The van der Waals surface area contributed by atoms with Crippen LogP contribution in [0.3, 0.4) is 0 Å². The first-order valence-electron chi connectivity index (χ1n) is 5.99. The van der Waals surface area contributed by atoms with Crippen LogP contribution in [0.1, 0.15) is 23.4 Å². The number of nitrogens with zero attached hydrogens (tertiary/aromatic N) is 1. The van der Waals surface area contributed by atoms with E-state index >= 15 is 0 Å². The number of β-amino-alcohol motifs (C(OH)–C–C–N with tert-alkyl or cyclic N) is 1. The predicted molar refractivity (Wildman–Crippen MR) is 69.8 cm³/mol. The molecule has 3 rings (SSSR count). The van der Waals surface area contributed by atoms with E-state index < -0.39 is 27.4 Å². The Morgan fingerprint density at radius 3 is 2.50 bits per heavy atom. The van der Waals surface area contributed by atoms with Crippen LogP contribution in [0, 0.1) is 5.92 Å². The van der Waals surface area contributed by atoms with E-state index in [9.17, 15) is 18.3 Å². The van der Waals surface area contributed by atoms with Crippen molar-refractivity contribution in [2.24, 2.45) is 5.92 Å². The van der Waals surface area contributed by atoms with Crippen molar-refractivity contribution in [3.05, 3.63) is 16.5 Å². The van der Waals surface area contributed by atoms with Gasteiger partial charge in [-0.2, -0.15) is 4.31 Å². The van der Waals surface area contributed by atoms with Gasteiger partial charge in [0, 0.05) is 19.2 Å². The number of furan rings is 1. The van der Waals surface area contributed by atoms with Crippen LogP contribution in [-0.2, 0) is 10.0 Å². The van der Waals surface area contributed by atoms with Gasteiger partial charge in [-0.05, 0) is 34.7 Å². The third-order valence-corrected chi connectivity index (χ3v) is 6.37. The summed E-state index contributed by atoms with van der Waals surface area (Å²) in [4.78, 5) is 10.6. The molecule has 9 heteroatoms. The first-order chi connectivity index (χ1) is 9.24. The Morgan fingerprint density at radius 1 is 1.45 bits per heavy atom. The Kier molecular flexibility index (Phi) is 3.02. The first kappa shape index (κ1) is 14.1. The molecule has 0 radical (unpaired) electrons.